The van der Waals surface area contributed by atoms with E-state index in [0.29, 0.717) is 58.5 Å². The van der Waals surface area contributed by atoms with E-state index < -0.39 is 0 Å². The van der Waals surface area contributed by atoms with Crippen LogP contribution in [0.5, 0.6) is 11.5 Å². The van der Waals surface area contributed by atoms with Gasteiger partial charge in [-0.25, -0.2) is 9.97 Å². The van der Waals surface area contributed by atoms with E-state index in [0.717, 1.165) is 88.0 Å². The largest absolute Gasteiger partial charge is 0.497 e. The first-order valence-corrected chi connectivity index (χ1v) is 18.6. The first-order valence-electron chi connectivity index (χ1n) is 18.6. The van der Waals surface area contributed by atoms with Crippen LogP contribution in [0.15, 0.2) is 60.9 Å². The Morgan fingerprint density at radius 3 is 1.44 bits per heavy atom. The zero-order valence-electron chi connectivity index (χ0n) is 32.0. The number of pyridine rings is 4. The maximum atomic E-state index is 13.7. The second kappa shape index (κ2) is 14.7. The molecule has 0 amide bonds. The number of carbonyl (C=O) groups excluding carboxylic acids is 2. The Balaban J connectivity index is 0.875. The first kappa shape index (κ1) is 36.0. The molecule has 55 heavy (non-hydrogen) atoms. The Morgan fingerprint density at radius 2 is 1.02 bits per heavy atom. The quantitative estimate of drug-likeness (QED) is 0.128. The fraction of sp³-hybridized carbons (Fsp3) is 0.302. The molecule has 0 spiro atoms. The Morgan fingerprint density at radius 1 is 0.582 bits per heavy atom. The number of anilines is 2. The van der Waals surface area contributed by atoms with Gasteiger partial charge < -0.3 is 29.9 Å². The van der Waals surface area contributed by atoms with Crippen molar-refractivity contribution < 1.29 is 19.1 Å². The van der Waals surface area contributed by atoms with Gasteiger partial charge in [-0.3, -0.25) is 19.6 Å². The molecule has 2 aliphatic rings. The number of ether oxygens (including phenoxy) is 2. The lowest BCUT2D eigenvalue weighted by Gasteiger charge is -2.21. The van der Waals surface area contributed by atoms with Crippen LogP contribution in [0, 0.1) is 13.8 Å². The number of hydrogen-bond acceptors (Lipinski definition) is 12. The summed E-state index contributed by atoms with van der Waals surface area (Å²) >= 11 is 0. The number of nitrogens with one attached hydrogen (secondary N) is 2. The molecule has 0 radical (unpaired) electrons. The molecule has 2 aliphatic carbocycles. The standard InChI is InChI=1S/C43H44N8O4/c1-24-18-30-32(22-46-24)36-28-10-8-26(54-5)20-34(28)48-42(38(36)40(30)52)44-12-16-50(3)14-7-15-51(4)17-13-45-43-39-37(29-11-9-27(55-6)21-35(29)49-43)33-23-47-25(2)19-31(33)41(39)53/h8-11,18-23H,7,12-17H2,1-6H3,(H,44,48)(H,45,49). The number of carbonyl (C=O) groups is 2. The summed E-state index contributed by atoms with van der Waals surface area (Å²) in [6.07, 6.45) is 4.57. The monoisotopic (exact) mass is 736 g/mol. The van der Waals surface area contributed by atoms with Crippen LogP contribution >= 0.6 is 0 Å². The summed E-state index contributed by atoms with van der Waals surface area (Å²) in [7, 11) is 7.48. The van der Waals surface area contributed by atoms with Gasteiger partial charge in [0.05, 0.1) is 36.4 Å². The Bertz CT molecular complexity index is 2350. The van der Waals surface area contributed by atoms with E-state index in [-0.39, 0.29) is 11.6 Å². The minimum atomic E-state index is -0.0285. The van der Waals surface area contributed by atoms with E-state index >= 15 is 0 Å². The van der Waals surface area contributed by atoms with E-state index in [1.54, 1.807) is 26.6 Å². The van der Waals surface area contributed by atoms with Crippen molar-refractivity contribution in [3.63, 3.8) is 0 Å². The molecule has 0 saturated carbocycles. The second-order valence-corrected chi connectivity index (χ2v) is 14.4. The van der Waals surface area contributed by atoms with Crippen LogP contribution in [-0.2, 0) is 0 Å². The number of fused-ring (bicyclic) bond motifs is 10. The van der Waals surface area contributed by atoms with Gasteiger partial charge in [-0.05, 0) is 83.9 Å². The number of rotatable bonds is 14. The number of hydrogen-bond donors (Lipinski definition) is 2. The first-order chi connectivity index (χ1) is 26.6. The number of aromatic nitrogens is 4. The summed E-state index contributed by atoms with van der Waals surface area (Å²) in [5.41, 5.74) is 9.09. The lowest BCUT2D eigenvalue weighted by molar-refractivity contribution is 0.103. The lowest BCUT2D eigenvalue weighted by Crippen LogP contribution is -2.31. The Labute approximate surface area is 319 Å². The summed E-state index contributed by atoms with van der Waals surface area (Å²) in [5, 5.41) is 8.77. The predicted octanol–water partition coefficient (Wildman–Crippen LogP) is 6.41. The highest BCUT2D eigenvalue weighted by molar-refractivity contribution is 6.29. The highest BCUT2D eigenvalue weighted by atomic mass is 16.5. The molecule has 12 nitrogen and oxygen atoms in total. The molecule has 2 aromatic carbocycles. The number of nitrogens with zero attached hydrogens (tertiary/aromatic N) is 6. The molecular formula is C43H44N8O4. The highest BCUT2D eigenvalue weighted by Crippen LogP contribution is 2.45. The van der Waals surface area contributed by atoms with Gasteiger partial charge in [0.25, 0.3) is 0 Å². The van der Waals surface area contributed by atoms with Crippen molar-refractivity contribution in [2.24, 2.45) is 0 Å². The van der Waals surface area contributed by atoms with Crippen LogP contribution < -0.4 is 20.1 Å². The average Bonchev–Trinajstić information content (AvgIpc) is 3.64. The Hall–Kier alpha value is -5.98. The molecule has 280 valence electrons. The smallest absolute Gasteiger partial charge is 0.198 e. The zero-order chi connectivity index (χ0) is 38.4. The fourth-order valence-electron chi connectivity index (χ4n) is 7.73. The van der Waals surface area contributed by atoms with Crippen molar-refractivity contribution >= 4 is 45.0 Å². The summed E-state index contributed by atoms with van der Waals surface area (Å²) in [4.78, 5) is 50.8. The normalized spacial score (nSPS) is 12.7. The molecule has 0 aliphatic heterocycles. The topological polar surface area (TPSA) is 135 Å². The lowest BCUT2D eigenvalue weighted by atomic mass is 10.0. The van der Waals surface area contributed by atoms with E-state index in [1.165, 1.54) is 0 Å². The summed E-state index contributed by atoms with van der Waals surface area (Å²) in [5.74, 6) is 2.53. The zero-order valence-corrected chi connectivity index (χ0v) is 32.0. The second-order valence-electron chi connectivity index (χ2n) is 14.4. The van der Waals surface area contributed by atoms with E-state index in [4.69, 9.17) is 19.4 Å². The van der Waals surface area contributed by atoms with Gasteiger partial charge in [0, 0.05) is 106 Å². The summed E-state index contributed by atoms with van der Waals surface area (Å²) < 4.78 is 11.0. The number of ketones is 2. The third-order valence-electron chi connectivity index (χ3n) is 10.6. The van der Waals surface area contributed by atoms with E-state index in [2.05, 4.69) is 44.5 Å². The van der Waals surface area contributed by atoms with Crippen molar-refractivity contribution in [3.8, 4) is 33.8 Å². The maximum absolute atomic E-state index is 13.7. The molecule has 0 unspecified atom stereocenters. The van der Waals surface area contributed by atoms with Crippen molar-refractivity contribution in [2.75, 3.05) is 78.2 Å². The number of aryl methyl sites for hydroxylation is 2. The van der Waals surface area contributed by atoms with Crippen molar-refractivity contribution in [1.82, 2.24) is 29.7 Å². The van der Waals surface area contributed by atoms with Crippen LogP contribution in [0.3, 0.4) is 0 Å². The third kappa shape index (κ3) is 6.61. The van der Waals surface area contributed by atoms with Crippen molar-refractivity contribution in [1.29, 1.82) is 0 Å². The van der Waals surface area contributed by atoms with Crippen LogP contribution in [0.4, 0.5) is 11.6 Å². The molecule has 12 heteroatoms. The van der Waals surface area contributed by atoms with Gasteiger partial charge in [-0.15, -0.1) is 0 Å². The molecule has 2 N–H and O–H groups in total. The molecule has 0 bridgehead atoms. The SMILES string of the molecule is COc1ccc2c3c(c(NCCN(C)CCCN(C)CCNc4nc5cc(OC)ccc5c5c4C(=O)c4cc(C)ncc4-5)nc2c1)C(=O)c1cc(C)ncc1-3. The molecule has 0 saturated heterocycles. The average molecular weight is 737 g/mol. The molecule has 8 rings (SSSR count). The minimum Gasteiger partial charge on any atom is -0.497 e. The van der Waals surface area contributed by atoms with Crippen molar-refractivity contribution in [2.45, 2.75) is 20.3 Å². The third-order valence-corrected chi connectivity index (χ3v) is 10.6. The fourth-order valence-corrected chi connectivity index (χ4v) is 7.73. The van der Waals surface area contributed by atoms with Crippen LogP contribution in [0.2, 0.25) is 0 Å². The maximum Gasteiger partial charge on any atom is 0.198 e. The summed E-state index contributed by atoms with van der Waals surface area (Å²) in [6.45, 7) is 8.39. The van der Waals surface area contributed by atoms with Gasteiger partial charge in [0.2, 0.25) is 0 Å². The van der Waals surface area contributed by atoms with E-state index in [9.17, 15) is 9.59 Å². The van der Waals surface area contributed by atoms with Crippen LogP contribution in [-0.4, -0.2) is 109 Å². The molecule has 0 fully saturated rings. The summed E-state index contributed by atoms with van der Waals surface area (Å²) in [6, 6.07) is 15.3. The molecular weight excluding hydrogens is 693 g/mol. The molecule has 6 aromatic rings. The van der Waals surface area contributed by atoms with E-state index in [1.807, 2.05) is 62.4 Å². The van der Waals surface area contributed by atoms with Gasteiger partial charge in [-0.1, -0.05) is 0 Å². The number of likely N-dealkylation sites (N-methyl/N-ethyl adjacent to an activating group) is 2. The number of benzene rings is 2. The van der Waals surface area contributed by atoms with Crippen molar-refractivity contribution in [3.05, 3.63) is 94.6 Å². The van der Waals surface area contributed by atoms with Crippen LogP contribution in [0.25, 0.3) is 44.1 Å². The Kier molecular flexibility index (Phi) is 9.62. The van der Waals surface area contributed by atoms with Gasteiger partial charge in [0.1, 0.15) is 23.1 Å². The molecule has 4 heterocycles. The number of methoxy groups -OCH3 is 2. The van der Waals surface area contributed by atoms with Gasteiger partial charge in [0.15, 0.2) is 11.6 Å². The highest BCUT2D eigenvalue weighted by Gasteiger charge is 2.34. The van der Waals surface area contributed by atoms with Gasteiger partial charge >= 0.3 is 0 Å². The molecule has 0 atom stereocenters. The molecule has 4 aromatic heterocycles. The predicted molar refractivity (Wildman–Crippen MR) is 216 cm³/mol. The minimum absolute atomic E-state index is 0.0285. The van der Waals surface area contributed by atoms with Crippen LogP contribution in [0.1, 0.15) is 49.7 Å². The van der Waals surface area contributed by atoms with Gasteiger partial charge in [-0.2, -0.15) is 0 Å².